The number of hydrogen-bond acceptors (Lipinski definition) is 0. The van der Waals surface area contributed by atoms with E-state index in [4.69, 9.17) is 0 Å². The van der Waals surface area contributed by atoms with Crippen LogP contribution < -0.4 is 0 Å². The van der Waals surface area contributed by atoms with Crippen LogP contribution in [0.5, 0.6) is 0 Å². The predicted molar refractivity (Wildman–Crippen MR) is 174 cm³/mol. The van der Waals surface area contributed by atoms with Crippen molar-refractivity contribution in [3.63, 3.8) is 0 Å². The van der Waals surface area contributed by atoms with Crippen molar-refractivity contribution in [1.29, 1.82) is 0 Å². The Morgan fingerprint density at radius 3 is 1.71 bits per heavy atom. The third kappa shape index (κ3) is 2.81. The molecule has 3 aliphatic rings. The molecule has 9 rings (SSSR count). The second-order valence-electron chi connectivity index (χ2n) is 13.4. The first-order valence-corrected chi connectivity index (χ1v) is 14.9. The average molecular weight is 525 g/mol. The Bertz CT molecular complexity index is 2140. The number of fused-ring (bicyclic) bond motifs is 8. The Balaban J connectivity index is 1.29. The van der Waals surface area contributed by atoms with E-state index >= 15 is 0 Å². The van der Waals surface area contributed by atoms with E-state index in [-0.39, 0.29) is 10.8 Å². The molecule has 0 spiro atoms. The van der Waals surface area contributed by atoms with Crippen molar-refractivity contribution in [2.75, 3.05) is 0 Å². The summed E-state index contributed by atoms with van der Waals surface area (Å²) in [5, 5.41) is 2.89. The molecule has 196 valence electrons. The quantitative estimate of drug-likeness (QED) is 0.200. The monoisotopic (exact) mass is 524 g/mol. The Morgan fingerprint density at radius 2 is 0.927 bits per heavy atom. The van der Waals surface area contributed by atoms with Crippen LogP contribution in [-0.4, -0.2) is 0 Å². The lowest BCUT2D eigenvalue weighted by Crippen LogP contribution is -2.23. The maximum Gasteiger partial charge on any atom is 0.0159 e. The molecule has 0 bridgehead atoms. The summed E-state index contributed by atoms with van der Waals surface area (Å²) in [4.78, 5) is 0. The topological polar surface area (TPSA) is 0 Å². The largest absolute Gasteiger partial charge is 0.0622 e. The minimum Gasteiger partial charge on any atom is -0.0622 e. The summed E-state index contributed by atoms with van der Waals surface area (Å²) in [6.07, 6.45) is 0. The third-order valence-corrected chi connectivity index (χ3v) is 10.5. The van der Waals surface area contributed by atoms with Gasteiger partial charge in [-0.25, -0.2) is 0 Å². The molecule has 0 nitrogen and oxygen atoms in total. The summed E-state index contributed by atoms with van der Waals surface area (Å²) in [5.74, 6) is 0. The van der Waals surface area contributed by atoms with E-state index in [1.165, 1.54) is 94.2 Å². The van der Waals surface area contributed by atoms with Crippen LogP contribution in [0.2, 0.25) is 0 Å². The van der Waals surface area contributed by atoms with E-state index in [2.05, 4.69) is 138 Å². The van der Waals surface area contributed by atoms with E-state index in [0.29, 0.717) is 0 Å². The third-order valence-electron chi connectivity index (χ3n) is 10.5. The molecule has 6 aromatic carbocycles. The molecule has 0 fully saturated rings. The molecule has 0 heterocycles. The molecule has 0 saturated heterocycles. The van der Waals surface area contributed by atoms with Crippen LogP contribution in [0.1, 0.15) is 55.5 Å². The molecule has 0 aromatic heterocycles. The second-order valence-corrected chi connectivity index (χ2v) is 13.4. The van der Waals surface area contributed by atoms with Gasteiger partial charge in [-0.2, -0.15) is 0 Å². The second kappa shape index (κ2) is 7.45. The Morgan fingerprint density at radius 1 is 0.366 bits per heavy atom. The van der Waals surface area contributed by atoms with Crippen LogP contribution in [0.3, 0.4) is 0 Å². The highest BCUT2D eigenvalue weighted by Gasteiger charge is 2.40. The highest BCUT2D eigenvalue weighted by molar-refractivity contribution is 6.21. The minimum atomic E-state index is -0.0618. The summed E-state index contributed by atoms with van der Waals surface area (Å²) in [6.45, 7) is 11.8. The highest BCUT2D eigenvalue weighted by Crippen LogP contribution is 2.59. The van der Waals surface area contributed by atoms with E-state index in [1.807, 2.05) is 0 Å². The zero-order valence-electron chi connectivity index (χ0n) is 24.3. The van der Waals surface area contributed by atoms with E-state index in [9.17, 15) is 0 Å². The van der Waals surface area contributed by atoms with Gasteiger partial charge < -0.3 is 0 Å². The summed E-state index contributed by atoms with van der Waals surface area (Å²) in [6, 6.07) is 39.5. The Hall–Kier alpha value is -4.42. The average Bonchev–Trinajstić information content (AvgIpc) is 3.41. The summed E-state index contributed by atoms with van der Waals surface area (Å²) in [7, 11) is 0. The van der Waals surface area contributed by atoms with Gasteiger partial charge in [0.25, 0.3) is 0 Å². The smallest absolute Gasteiger partial charge is 0.0159 e. The molecule has 0 radical (unpaired) electrons. The lowest BCUT2D eigenvalue weighted by atomic mass is 9.67. The lowest BCUT2D eigenvalue weighted by molar-refractivity contribution is 0.644. The zero-order chi connectivity index (χ0) is 27.8. The number of rotatable bonds is 1. The van der Waals surface area contributed by atoms with Crippen LogP contribution in [0.25, 0.3) is 66.4 Å². The van der Waals surface area contributed by atoms with Crippen molar-refractivity contribution >= 4 is 10.8 Å². The molecule has 0 unspecified atom stereocenters. The first-order valence-electron chi connectivity index (χ1n) is 14.9. The fraction of sp³-hybridized carbons (Fsp3) is 0.171. The molecule has 0 amide bonds. The molecule has 0 aliphatic heterocycles. The van der Waals surface area contributed by atoms with Crippen LogP contribution in [-0.2, 0) is 10.8 Å². The van der Waals surface area contributed by atoms with Crippen molar-refractivity contribution in [2.24, 2.45) is 0 Å². The number of benzene rings is 6. The van der Waals surface area contributed by atoms with Gasteiger partial charge >= 0.3 is 0 Å². The molecular formula is C41H32. The molecule has 0 N–H and O–H groups in total. The van der Waals surface area contributed by atoms with Gasteiger partial charge in [-0.1, -0.05) is 118 Å². The minimum absolute atomic E-state index is 0.0422. The van der Waals surface area contributed by atoms with Crippen molar-refractivity contribution in [3.05, 3.63) is 131 Å². The van der Waals surface area contributed by atoms with Crippen LogP contribution >= 0.6 is 0 Å². The SMILES string of the molecule is Cc1ccc2c(c1)C(C)(C)c1ccc3c4c(ccc-2c14)-c1cc2c(cc1-3)-c1ccc(-c3ccccc3)cc1C2(C)C. The van der Waals surface area contributed by atoms with Crippen molar-refractivity contribution < 1.29 is 0 Å². The highest BCUT2D eigenvalue weighted by atomic mass is 14.4. The van der Waals surface area contributed by atoms with Crippen LogP contribution in [0, 0.1) is 6.92 Å². The Kier molecular flexibility index (Phi) is 4.23. The molecule has 0 atom stereocenters. The van der Waals surface area contributed by atoms with Crippen LogP contribution in [0.4, 0.5) is 0 Å². The van der Waals surface area contributed by atoms with Gasteiger partial charge in [-0.15, -0.1) is 0 Å². The van der Waals surface area contributed by atoms with Gasteiger partial charge in [-0.05, 0) is 114 Å². The normalized spacial score (nSPS) is 15.8. The van der Waals surface area contributed by atoms with E-state index in [0.717, 1.165) is 0 Å². The lowest BCUT2D eigenvalue weighted by Gasteiger charge is -2.35. The van der Waals surface area contributed by atoms with Crippen molar-refractivity contribution in [3.8, 4) is 55.6 Å². The van der Waals surface area contributed by atoms with E-state index in [1.54, 1.807) is 0 Å². The van der Waals surface area contributed by atoms with Crippen molar-refractivity contribution in [1.82, 2.24) is 0 Å². The number of hydrogen-bond donors (Lipinski definition) is 0. The summed E-state index contributed by atoms with van der Waals surface area (Å²) >= 11 is 0. The maximum atomic E-state index is 2.52. The van der Waals surface area contributed by atoms with Gasteiger partial charge in [-0.3, -0.25) is 0 Å². The van der Waals surface area contributed by atoms with Gasteiger partial charge in [0.1, 0.15) is 0 Å². The van der Waals surface area contributed by atoms with Gasteiger partial charge in [0.05, 0.1) is 0 Å². The van der Waals surface area contributed by atoms with Gasteiger partial charge in [0, 0.05) is 10.8 Å². The Labute approximate surface area is 242 Å². The summed E-state index contributed by atoms with van der Waals surface area (Å²) in [5.41, 5.74) is 20.6. The zero-order valence-corrected chi connectivity index (χ0v) is 24.3. The fourth-order valence-corrected chi connectivity index (χ4v) is 8.28. The van der Waals surface area contributed by atoms with Crippen LogP contribution in [0.15, 0.2) is 103 Å². The molecule has 0 heteroatoms. The first kappa shape index (κ1) is 23.3. The summed E-state index contributed by atoms with van der Waals surface area (Å²) < 4.78 is 0. The number of aryl methyl sites for hydroxylation is 1. The van der Waals surface area contributed by atoms with E-state index < -0.39 is 0 Å². The fourth-order valence-electron chi connectivity index (χ4n) is 8.28. The van der Waals surface area contributed by atoms with Gasteiger partial charge in [0.2, 0.25) is 0 Å². The standard InChI is InChI=1S/C41H32/c1-23-11-13-26-28-15-16-29-32-22-37-33(27-14-12-25(20-36(27)41(37,4)5)24-9-7-6-8-10-24)21-31(32)30-17-18-34(39(28)38(29)30)40(2,3)35(26)19-23/h6-22H,1-5H3. The molecule has 0 saturated carbocycles. The predicted octanol–water partition coefficient (Wildman–Crippen LogP) is 11.1. The molecule has 41 heavy (non-hydrogen) atoms. The molecular weight excluding hydrogens is 492 g/mol. The molecule has 3 aliphatic carbocycles. The van der Waals surface area contributed by atoms with Crippen molar-refractivity contribution in [2.45, 2.75) is 45.4 Å². The molecule has 6 aromatic rings. The van der Waals surface area contributed by atoms with Gasteiger partial charge in [0.15, 0.2) is 0 Å². The maximum absolute atomic E-state index is 2.52. The first-order chi connectivity index (χ1) is 19.7.